The van der Waals surface area contributed by atoms with Crippen LogP contribution in [0.3, 0.4) is 0 Å². The second-order valence-electron chi connectivity index (χ2n) is 13.0. The van der Waals surface area contributed by atoms with Crippen molar-refractivity contribution in [3.63, 3.8) is 0 Å². The number of rotatable bonds is 8. The highest BCUT2D eigenvalue weighted by atomic mass is 127. The molecule has 1 aromatic rings. The zero-order valence-corrected chi connectivity index (χ0v) is 25.4. The molecule has 3 aliphatic carbocycles. The number of likely N-dealkylation sites (tertiary alicyclic amines) is 1. The lowest BCUT2D eigenvalue weighted by Crippen LogP contribution is -2.70. The molecule has 2 bridgehead atoms. The largest absolute Gasteiger partial charge is 0.458 e. The lowest BCUT2D eigenvalue weighted by molar-refractivity contribution is -0.235. The van der Waals surface area contributed by atoms with E-state index in [4.69, 9.17) is 19.0 Å². The first-order valence-corrected chi connectivity index (χ1v) is 16.4. The van der Waals surface area contributed by atoms with Gasteiger partial charge < -0.3 is 29.5 Å². The van der Waals surface area contributed by atoms with Gasteiger partial charge in [0.2, 0.25) is 11.8 Å². The van der Waals surface area contributed by atoms with Crippen molar-refractivity contribution in [3.05, 3.63) is 33.4 Å². The number of hydrogen-bond acceptors (Lipinski definition) is 9. The fourth-order valence-electron chi connectivity index (χ4n) is 8.31. The number of benzene rings is 1. The molecular formula is C30H36IN3O8. The number of halogens is 1. The van der Waals surface area contributed by atoms with Gasteiger partial charge in [0.15, 0.2) is 11.8 Å². The van der Waals surface area contributed by atoms with Crippen molar-refractivity contribution < 1.29 is 38.5 Å². The number of hydroxylamine groups is 2. The maximum atomic E-state index is 14.9. The van der Waals surface area contributed by atoms with Gasteiger partial charge in [0, 0.05) is 34.9 Å². The fourth-order valence-corrected chi connectivity index (χ4v) is 8.92. The van der Waals surface area contributed by atoms with Crippen LogP contribution in [0.15, 0.2) is 24.3 Å². The summed E-state index contributed by atoms with van der Waals surface area (Å²) >= 11 is 2.25. The number of aliphatic hydroxyl groups excluding tert-OH is 1. The smallest absolute Gasteiger partial charge is 0.327 e. The molecule has 2 amide bonds. The molecule has 8 rings (SSSR count). The number of carbonyl (C=O) groups excluding carboxylic acids is 3. The minimum Gasteiger partial charge on any atom is -0.458 e. The van der Waals surface area contributed by atoms with E-state index in [-0.39, 0.29) is 31.4 Å². The van der Waals surface area contributed by atoms with Crippen LogP contribution >= 0.6 is 22.6 Å². The van der Waals surface area contributed by atoms with Crippen LogP contribution in [-0.2, 0) is 40.0 Å². The molecule has 2 N–H and O–H groups in total. The first-order chi connectivity index (χ1) is 20.4. The second kappa shape index (κ2) is 10.1. The van der Waals surface area contributed by atoms with Gasteiger partial charge in [-0.2, -0.15) is 5.06 Å². The quantitative estimate of drug-likeness (QED) is 0.308. The molecule has 11 nitrogen and oxygen atoms in total. The van der Waals surface area contributed by atoms with E-state index < -0.39 is 53.7 Å². The zero-order valence-electron chi connectivity index (χ0n) is 23.3. The Hall–Kier alpha value is -1.84. The van der Waals surface area contributed by atoms with Gasteiger partial charge in [0.05, 0.1) is 13.2 Å². The molecule has 0 aromatic heterocycles. The summed E-state index contributed by atoms with van der Waals surface area (Å²) in [6.07, 6.45) is 3.12. The number of aliphatic hydroxyl groups is 1. The summed E-state index contributed by atoms with van der Waals surface area (Å²) in [6, 6.07) is 6.31. The minimum atomic E-state index is -1.28. The first kappa shape index (κ1) is 27.7. The Morgan fingerprint density at radius 3 is 2.57 bits per heavy atom. The number of esters is 1. The van der Waals surface area contributed by atoms with Crippen LogP contribution < -0.4 is 5.32 Å². The van der Waals surface area contributed by atoms with Crippen molar-refractivity contribution in [1.29, 1.82) is 0 Å². The van der Waals surface area contributed by atoms with Gasteiger partial charge in [-0.25, -0.2) is 0 Å². The molecule has 7 fully saturated rings. The van der Waals surface area contributed by atoms with E-state index in [0.717, 1.165) is 34.8 Å². The van der Waals surface area contributed by atoms with Gasteiger partial charge in [-0.05, 0) is 78.8 Å². The van der Waals surface area contributed by atoms with E-state index in [1.807, 2.05) is 24.3 Å². The summed E-state index contributed by atoms with van der Waals surface area (Å²) in [5.74, 6) is -1.16. The van der Waals surface area contributed by atoms with Crippen LogP contribution in [0.4, 0.5) is 0 Å². The van der Waals surface area contributed by atoms with Gasteiger partial charge in [-0.1, -0.05) is 12.1 Å². The Balaban J connectivity index is 1.19. The van der Waals surface area contributed by atoms with Gasteiger partial charge >= 0.3 is 5.97 Å². The normalized spacial score (nSPS) is 38.3. The van der Waals surface area contributed by atoms with Crippen LogP contribution in [0, 0.1) is 20.8 Å². The molecule has 1 aromatic carbocycles. The van der Waals surface area contributed by atoms with Gasteiger partial charge in [0.1, 0.15) is 35.9 Å². The highest BCUT2D eigenvalue weighted by Crippen LogP contribution is 2.64. The van der Waals surface area contributed by atoms with Crippen LogP contribution in [0.1, 0.15) is 50.5 Å². The predicted molar refractivity (Wildman–Crippen MR) is 153 cm³/mol. The molecule has 4 heterocycles. The fraction of sp³-hybridized carbons (Fsp3) is 0.700. The number of nitrogens with zero attached hydrogens (tertiary/aromatic N) is 2. The summed E-state index contributed by atoms with van der Waals surface area (Å²) in [5, 5.41) is 13.6. The SMILES string of the molecule is O=C(NCCO)C1CCCN1C(=O)C12CC3OC(=O)C1N(Cc1cccc(I)c1)OC2C1OC(C2CC2)(C2CC2)OC31. The highest BCUT2D eigenvalue weighted by Gasteiger charge is 2.78. The Labute approximate surface area is 257 Å². The van der Waals surface area contributed by atoms with E-state index in [1.54, 1.807) is 9.96 Å². The lowest BCUT2D eigenvalue weighted by Gasteiger charge is -2.50. The molecule has 226 valence electrons. The molecule has 7 atom stereocenters. The summed E-state index contributed by atoms with van der Waals surface area (Å²) in [5.41, 5.74) is -0.332. The number of hydrogen-bond donors (Lipinski definition) is 2. The number of amides is 2. The Morgan fingerprint density at radius 1 is 1.10 bits per heavy atom. The molecule has 4 aliphatic heterocycles. The minimum absolute atomic E-state index is 0.119. The molecule has 0 spiro atoms. The maximum Gasteiger partial charge on any atom is 0.327 e. The van der Waals surface area contributed by atoms with E-state index in [9.17, 15) is 19.5 Å². The van der Waals surface area contributed by atoms with E-state index >= 15 is 0 Å². The second-order valence-corrected chi connectivity index (χ2v) is 14.2. The molecular weight excluding hydrogens is 657 g/mol. The molecule has 3 saturated carbocycles. The third kappa shape index (κ3) is 4.12. The van der Waals surface area contributed by atoms with Crippen LogP contribution in [0.5, 0.6) is 0 Å². The highest BCUT2D eigenvalue weighted by molar-refractivity contribution is 14.1. The molecule has 0 radical (unpaired) electrons. The summed E-state index contributed by atoms with van der Waals surface area (Å²) < 4.78 is 20.9. The Bertz CT molecular complexity index is 1290. The number of ether oxygens (including phenoxy) is 3. The van der Waals surface area contributed by atoms with Crippen LogP contribution in [0.25, 0.3) is 0 Å². The van der Waals surface area contributed by atoms with Gasteiger partial charge in [-0.15, -0.1) is 0 Å². The van der Waals surface area contributed by atoms with E-state index in [2.05, 4.69) is 27.9 Å². The van der Waals surface area contributed by atoms with Gasteiger partial charge in [-0.3, -0.25) is 19.2 Å². The third-order valence-electron chi connectivity index (χ3n) is 10.3. The topological polar surface area (TPSA) is 127 Å². The summed E-state index contributed by atoms with van der Waals surface area (Å²) in [6.45, 7) is 0.642. The van der Waals surface area contributed by atoms with Crippen molar-refractivity contribution in [2.45, 2.75) is 93.8 Å². The average molecular weight is 694 g/mol. The molecule has 7 unspecified atom stereocenters. The van der Waals surface area contributed by atoms with Crippen molar-refractivity contribution in [1.82, 2.24) is 15.3 Å². The molecule has 12 heteroatoms. The number of carbonyl (C=O) groups is 3. The van der Waals surface area contributed by atoms with Crippen LogP contribution in [0.2, 0.25) is 0 Å². The van der Waals surface area contributed by atoms with Crippen LogP contribution in [-0.4, -0.2) is 94.8 Å². The summed E-state index contributed by atoms with van der Waals surface area (Å²) in [7, 11) is 0. The van der Waals surface area contributed by atoms with Crippen molar-refractivity contribution >= 4 is 40.4 Å². The van der Waals surface area contributed by atoms with E-state index in [0.29, 0.717) is 37.8 Å². The average Bonchev–Trinajstić information content (AvgIpc) is 3.89. The molecule has 42 heavy (non-hydrogen) atoms. The predicted octanol–water partition coefficient (Wildman–Crippen LogP) is 1.49. The monoisotopic (exact) mass is 693 g/mol. The standard InChI is InChI=1S/C30H36IN3O8/c31-19-4-1-3-16(13-19)15-34-24-27(37)39-21-14-29(24,28(38)33-11-2-5-20(33)26(36)32-10-12-35)25(42-34)23-22(21)40-30(41-23,17-6-7-17)18-8-9-18/h1,3-4,13,17-18,20-25,35H,2,5-12,14-15H2,(H,32,36). The number of fused-ring (bicyclic) bond motifs is 4. The molecule has 4 saturated heterocycles. The summed E-state index contributed by atoms with van der Waals surface area (Å²) in [4.78, 5) is 50.3. The molecule has 7 aliphatic rings. The van der Waals surface area contributed by atoms with Crippen molar-refractivity contribution in [2.24, 2.45) is 17.3 Å². The third-order valence-corrected chi connectivity index (χ3v) is 11.0. The number of nitrogens with one attached hydrogen (secondary N) is 1. The van der Waals surface area contributed by atoms with Gasteiger partial charge in [0.25, 0.3) is 0 Å². The lowest BCUT2D eigenvalue weighted by atomic mass is 9.62. The van der Waals surface area contributed by atoms with Crippen molar-refractivity contribution in [3.8, 4) is 0 Å². The Morgan fingerprint density at radius 2 is 1.86 bits per heavy atom. The van der Waals surface area contributed by atoms with E-state index in [1.165, 1.54) is 0 Å². The zero-order chi connectivity index (χ0) is 28.8. The Kier molecular flexibility index (Phi) is 6.66. The maximum absolute atomic E-state index is 14.9. The first-order valence-electron chi connectivity index (χ1n) is 15.3. The van der Waals surface area contributed by atoms with Crippen molar-refractivity contribution in [2.75, 3.05) is 19.7 Å².